The van der Waals surface area contributed by atoms with Gasteiger partial charge in [-0.05, 0) is 67.0 Å². The van der Waals surface area contributed by atoms with Crippen LogP contribution < -0.4 is 10.6 Å². The van der Waals surface area contributed by atoms with Crippen molar-refractivity contribution < 1.29 is 9.21 Å². The Kier molecular flexibility index (Phi) is 6.39. The van der Waals surface area contributed by atoms with Crippen molar-refractivity contribution in [2.24, 2.45) is 0 Å². The third-order valence-corrected chi connectivity index (χ3v) is 4.98. The fourth-order valence-electron chi connectivity index (χ4n) is 2.81. The second-order valence-corrected chi connectivity index (χ2v) is 7.41. The maximum absolute atomic E-state index is 12.5. The number of carbonyl (C=O) groups is 1. The molecule has 4 nitrogen and oxygen atoms in total. The van der Waals surface area contributed by atoms with Crippen LogP contribution in [0.1, 0.15) is 28.6 Å². The van der Waals surface area contributed by atoms with Gasteiger partial charge in [-0.15, -0.1) is 0 Å². The lowest BCUT2D eigenvalue weighted by Crippen LogP contribution is -2.34. The number of carbonyl (C=O) groups excluding carboxylic acids is 1. The van der Waals surface area contributed by atoms with Crippen LogP contribution in [0.15, 0.2) is 52.9 Å². The molecule has 1 amide bonds. The summed E-state index contributed by atoms with van der Waals surface area (Å²) < 4.78 is 5.64. The molecule has 1 heterocycles. The minimum Gasteiger partial charge on any atom is -0.451 e. The number of rotatable bonds is 4. The van der Waals surface area contributed by atoms with Gasteiger partial charge in [-0.2, -0.15) is 0 Å². The molecule has 144 valence electrons. The van der Waals surface area contributed by atoms with Crippen molar-refractivity contribution in [2.75, 3.05) is 5.32 Å². The quantitative estimate of drug-likeness (QED) is 0.478. The summed E-state index contributed by atoms with van der Waals surface area (Å²) in [6, 6.07) is 14.3. The average Bonchev–Trinajstić information content (AvgIpc) is 3.13. The van der Waals surface area contributed by atoms with E-state index in [9.17, 15) is 4.79 Å². The number of hydrogen-bond acceptors (Lipinski definition) is 3. The molecule has 0 radical (unpaired) electrons. The number of halogens is 2. The number of hydrogen-bond donors (Lipinski definition) is 2. The molecule has 0 atom stereocenters. The van der Waals surface area contributed by atoms with Crippen LogP contribution in [0.2, 0.25) is 10.0 Å². The average molecular weight is 433 g/mol. The Balaban J connectivity index is 1.72. The molecule has 0 aliphatic rings. The molecule has 0 saturated carbocycles. The van der Waals surface area contributed by atoms with E-state index in [2.05, 4.69) is 17.6 Å². The van der Waals surface area contributed by atoms with Gasteiger partial charge in [0.05, 0.1) is 5.02 Å². The first-order chi connectivity index (χ1) is 13.4. The van der Waals surface area contributed by atoms with Gasteiger partial charge in [-0.3, -0.25) is 10.1 Å². The summed E-state index contributed by atoms with van der Waals surface area (Å²) in [6.07, 6.45) is 0.851. The van der Waals surface area contributed by atoms with Crippen LogP contribution in [0.5, 0.6) is 0 Å². The van der Waals surface area contributed by atoms with Gasteiger partial charge in [-0.1, -0.05) is 48.3 Å². The molecule has 2 aromatic carbocycles. The number of furan rings is 1. The van der Waals surface area contributed by atoms with Gasteiger partial charge in [0, 0.05) is 16.3 Å². The first-order valence-corrected chi connectivity index (χ1v) is 9.81. The van der Waals surface area contributed by atoms with E-state index in [1.807, 2.05) is 25.1 Å². The van der Waals surface area contributed by atoms with Crippen molar-refractivity contribution in [1.29, 1.82) is 0 Å². The molecule has 2 N–H and O–H groups in total. The maximum atomic E-state index is 12.5. The molecule has 28 heavy (non-hydrogen) atoms. The molecule has 0 saturated heterocycles. The van der Waals surface area contributed by atoms with Crippen molar-refractivity contribution in [3.8, 4) is 11.3 Å². The molecule has 1 aromatic heterocycles. The zero-order valence-electron chi connectivity index (χ0n) is 15.3. The number of anilines is 1. The minimum atomic E-state index is -0.444. The SMILES string of the molecule is CCc1cccc(C)c1NC(=S)NC(=O)c1ccc(-c2ccc(Cl)cc2Cl)o1. The fourth-order valence-corrected chi connectivity index (χ4v) is 3.50. The minimum absolute atomic E-state index is 0.130. The van der Waals surface area contributed by atoms with Gasteiger partial charge in [0.2, 0.25) is 0 Å². The van der Waals surface area contributed by atoms with Gasteiger partial charge >= 0.3 is 0 Å². The summed E-state index contributed by atoms with van der Waals surface area (Å²) in [5.74, 6) is 0.156. The number of thiocarbonyl (C=S) groups is 1. The van der Waals surface area contributed by atoms with Crippen molar-refractivity contribution >= 4 is 52.1 Å². The molecule has 0 aliphatic carbocycles. The highest BCUT2D eigenvalue weighted by molar-refractivity contribution is 7.80. The van der Waals surface area contributed by atoms with Crippen LogP contribution in [0, 0.1) is 6.92 Å². The topological polar surface area (TPSA) is 54.3 Å². The van der Waals surface area contributed by atoms with Crippen LogP contribution in [0.3, 0.4) is 0 Å². The zero-order valence-corrected chi connectivity index (χ0v) is 17.6. The molecule has 0 spiro atoms. The Labute approximate surface area is 178 Å². The molecule has 7 heteroatoms. The third-order valence-electron chi connectivity index (χ3n) is 4.23. The van der Waals surface area contributed by atoms with E-state index in [1.54, 1.807) is 30.3 Å². The van der Waals surface area contributed by atoms with Gasteiger partial charge in [0.25, 0.3) is 5.91 Å². The highest BCUT2D eigenvalue weighted by atomic mass is 35.5. The van der Waals surface area contributed by atoms with Crippen LogP contribution in [0.4, 0.5) is 5.69 Å². The zero-order chi connectivity index (χ0) is 20.3. The molecule has 0 unspecified atom stereocenters. The Morgan fingerprint density at radius 1 is 1.14 bits per heavy atom. The molecule has 0 bridgehead atoms. The number of para-hydroxylation sites is 1. The maximum Gasteiger partial charge on any atom is 0.293 e. The molecule has 3 aromatic rings. The van der Waals surface area contributed by atoms with E-state index in [1.165, 1.54) is 0 Å². The number of benzene rings is 2. The van der Waals surface area contributed by atoms with Crippen molar-refractivity contribution in [2.45, 2.75) is 20.3 Å². The lowest BCUT2D eigenvalue weighted by atomic mass is 10.1. The molecule has 0 fully saturated rings. The summed E-state index contributed by atoms with van der Waals surface area (Å²) in [6.45, 7) is 4.05. The van der Waals surface area contributed by atoms with E-state index >= 15 is 0 Å². The molecule has 0 aliphatic heterocycles. The van der Waals surface area contributed by atoms with E-state index in [4.69, 9.17) is 39.8 Å². The Morgan fingerprint density at radius 3 is 2.64 bits per heavy atom. The Bertz CT molecular complexity index is 1050. The van der Waals surface area contributed by atoms with Gasteiger partial charge in [0.1, 0.15) is 5.76 Å². The fraction of sp³-hybridized carbons (Fsp3) is 0.143. The highest BCUT2D eigenvalue weighted by Gasteiger charge is 2.16. The number of nitrogens with one attached hydrogen (secondary N) is 2. The van der Waals surface area contributed by atoms with Gasteiger partial charge in [0.15, 0.2) is 10.9 Å². The van der Waals surface area contributed by atoms with Crippen LogP contribution in [-0.2, 0) is 6.42 Å². The Morgan fingerprint density at radius 2 is 1.93 bits per heavy atom. The Hall–Kier alpha value is -2.34. The predicted octanol–water partition coefficient (Wildman–Crippen LogP) is 6.25. The lowest BCUT2D eigenvalue weighted by molar-refractivity contribution is 0.0951. The van der Waals surface area contributed by atoms with E-state index in [0.29, 0.717) is 21.4 Å². The number of amides is 1. The van der Waals surface area contributed by atoms with E-state index in [0.717, 1.165) is 23.2 Å². The summed E-state index contributed by atoms with van der Waals surface area (Å²) in [5, 5.41) is 6.92. The van der Waals surface area contributed by atoms with E-state index < -0.39 is 5.91 Å². The summed E-state index contributed by atoms with van der Waals surface area (Å²) >= 11 is 17.4. The summed E-state index contributed by atoms with van der Waals surface area (Å²) in [5.41, 5.74) is 3.73. The third kappa shape index (κ3) is 4.55. The largest absolute Gasteiger partial charge is 0.451 e. The summed E-state index contributed by atoms with van der Waals surface area (Å²) in [4.78, 5) is 12.5. The second-order valence-electron chi connectivity index (χ2n) is 6.16. The van der Waals surface area contributed by atoms with Gasteiger partial charge in [-0.25, -0.2) is 0 Å². The predicted molar refractivity (Wildman–Crippen MR) is 118 cm³/mol. The molecular weight excluding hydrogens is 415 g/mol. The van der Waals surface area contributed by atoms with Gasteiger partial charge < -0.3 is 9.73 Å². The second kappa shape index (κ2) is 8.78. The normalized spacial score (nSPS) is 10.6. The standard InChI is InChI=1S/C21H18Cl2N2O2S/c1-3-13-6-4-5-12(2)19(13)24-21(28)25-20(26)18-10-9-17(27-18)15-8-7-14(22)11-16(15)23/h4-11H,3H2,1-2H3,(H2,24,25,26,28). The van der Waals surface area contributed by atoms with E-state index in [-0.39, 0.29) is 10.9 Å². The van der Waals surface area contributed by atoms with Crippen molar-refractivity contribution in [3.63, 3.8) is 0 Å². The van der Waals surface area contributed by atoms with Crippen LogP contribution in [-0.4, -0.2) is 11.0 Å². The van der Waals surface area contributed by atoms with Crippen molar-refractivity contribution in [3.05, 3.63) is 75.5 Å². The first kappa shape index (κ1) is 20.4. The first-order valence-electron chi connectivity index (χ1n) is 8.65. The highest BCUT2D eigenvalue weighted by Crippen LogP contribution is 2.31. The summed E-state index contributed by atoms with van der Waals surface area (Å²) in [7, 11) is 0. The monoisotopic (exact) mass is 432 g/mol. The van der Waals surface area contributed by atoms with Crippen LogP contribution >= 0.6 is 35.4 Å². The number of aryl methyl sites for hydroxylation is 2. The molecule has 3 rings (SSSR count). The molecular formula is C21H18Cl2N2O2S. The smallest absolute Gasteiger partial charge is 0.293 e. The van der Waals surface area contributed by atoms with Crippen LogP contribution in [0.25, 0.3) is 11.3 Å². The van der Waals surface area contributed by atoms with Crippen molar-refractivity contribution in [1.82, 2.24) is 5.32 Å². The lowest BCUT2D eigenvalue weighted by Gasteiger charge is -2.14.